The minimum absolute atomic E-state index is 0.0648. The van der Waals surface area contributed by atoms with E-state index in [0.717, 1.165) is 11.1 Å². The third-order valence-corrected chi connectivity index (χ3v) is 6.26. The fourth-order valence-corrected chi connectivity index (χ4v) is 4.20. The van der Waals surface area contributed by atoms with Gasteiger partial charge in [-0.1, -0.05) is 24.3 Å². The zero-order valence-electron chi connectivity index (χ0n) is 18.7. The molecule has 174 valence electrons. The van der Waals surface area contributed by atoms with E-state index in [4.69, 9.17) is 9.47 Å². The average Bonchev–Trinajstić information content (AvgIpc) is 2.83. The molecule has 0 aromatic heterocycles. The lowest BCUT2D eigenvalue weighted by Crippen LogP contribution is -2.23. The molecule has 3 rings (SSSR count). The molecular formula is C25H28N2O5S. The molecule has 0 unspecified atom stereocenters. The van der Waals surface area contributed by atoms with Gasteiger partial charge in [-0.15, -0.1) is 0 Å². The van der Waals surface area contributed by atoms with Crippen LogP contribution in [0.2, 0.25) is 0 Å². The maximum atomic E-state index is 12.7. The highest BCUT2D eigenvalue weighted by molar-refractivity contribution is 7.92. The number of hydrogen-bond acceptors (Lipinski definition) is 5. The first-order valence-electron chi connectivity index (χ1n) is 10.7. The second kappa shape index (κ2) is 11.5. The summed E-state index contributed by atoms with van der Waals surface area (Å²) in [7, 11) is -3.79. The van der Waals surface area contributed by atoms with E-state index in [0.29, 0.717) is 43.4 Å². The SMILES string of the molecule is CCOCc1ccccc1CNC(=O)c1ccc(S(=O)(=O)Nc2ccc(OCC)cc2)cc1. The highest BCUT2D eigenvalue weighted by Gasteiger charge is 2.15. The summed E-state index contributed by atoms with van der Waals surface area (Å²) < 4.78 is 38.7. The number of sulfonamides is 1. The van der Waals surface area contributed by atoms with Gasteiger partial charge in [-0.3, -0.25) is 9.52 Å². The summed E-state index contributed by atoms with van der Waals surface area (Å²) in [4.78, 5) is 12.6. The predicted molar refractivity (Wildman–Crippen MR) is 128 cm³/mol. The van der Waals surface area contributed by atoms with Crippen molar-refractivity contribution in [3.8, 4) is 5.75 Å². The Balaban J connectivity index is 1.62. The van der Waals surface area contributed by atoms with E-state index in [2.05, 4.69) is 10.0 Å². The number of benzene rings is 3. The van der Waals surface area contributed by atoms with E-state index >= 15 is 0 Å². The van der Waals surface area contributed by atoms with Crippen LogP contribution >= 0.6 is 0 Å². The van der Waals surface area contributed by atoms with Gasteiger partial charge in [-0.2, -0.15) is 0 Å². The van der Waals surface area contributed by atoms with Crippen molar-refractivity contribution in [2.24, 2.45) is 0 Å². The molecule has 0 saturated heterocycles. The molecule has 7 nitrogen and oxygen atoms in total. The smallest absolute Gasteiger partial charge is 0.261 e. The molecule has 0 saturated carbocycles. The Morgan fingerprint density at radius 2 is 1.52 bits per heavy atom. The van der Waals surface area contributed by atoms with Gasteiger partial charge in [0.05, 0.1) is 18.1 Å². The summed E-state index contributed by atoms with van der Waals surface area (Å²) in [5.41, 5.74) is 2.78. The number of carbonyl (C=O) groups is 1. The monoisotopic (exact) mass is 468 g/mol. The summed E-state index contributed by atoms with van der Waals surface area (Å²) in [5, 5.41) is 2.87. The molecule has 2 N–H and O–H groups in total. The Kier molecular flexibility index (Phi) is 8.46. The van der Waals surface area contributed by atoms with Crippen molar-refractivity contribution in [2.45, 2.75) is 31.9 Å². The quantitative estimate of drug-likeness (QED) is 0.436. The lowest BCUT2D eigenvalue weighted by molar-refractivity contribution is 0.0949. The molecule has 0 heterocycles. The van der Waals surface area contributed by atoms with Crippen LogP contribution in [0.3, 0.4) is 0 Å². The van der Waals surface area contributed by atoms with E-state index in [1.165, 1.54) is 24.3 Å². The summed E-state index contributed by atoms with van der Waals surface area (Å²) in [5.74, 6) is 0.376. The van der Waals surface area contributed by atoms with Gasteiger partial charge in [0, 0.05) is 24.4 Å². The van der Waals surface area contributed by atoms with Crippen molar-refractivity contribution in [2.75, 3.05) is 17.9 Å². The van der Waals surface area contributed by atoms with Crippen LogP contribution in [-0.2, 0) is 27.9 Å². The summed E-state index contributed by atoms with van der Waals surface area (Å²) in [6.07, 6.45) is 0. The minimum Gasteiger partial charge on any atom is -0.494 e. The van der Waals surface area contributed by atoms with Crippen molar-refractivity contribution in [3.63, 3.8) is 0 Å². The Labute approximate surface area is 194 Å². The van der Waals surface area contributed by atoms with E-state index in [-0.39, 0.29) is 10.8 Å². The van der Waals surface area contributed by atoms with Crippen molar-refractivity contribution < 1.29 is 22.7 Å². The van der Waals surface area contributed by atoms with Crippen molar-refractivity contribution in [1.29, 1.82) is 0 Å². The highest BCUT2D eigenvalue weighted by Crippen LogP contribution is 2.20. The molecule has 0 aliphatic carbocycles. The Hall–Kier alpha value is -3.36. The molecule has 3 aromatic rings. The molecule has 0 aliphatic rings. The molecule has 8 heteroatoms. The molecule has 0 bridgehead atoms. The molecule has 1 amide bonds. The van der Waals surface area contributed by atoms with Crippen molar-refractivity contribution >= 4 is 21.6 Å². The molecular weight excluding hydrogens is 440 g/mol. The fourth-order valence-electron chi connectivity index (χ4n) is 3.15. The molecule has 33 heavy (non-hydrogen) atoms. The Morgan fingerprint density at radius 1 is 0.848 bits per heavy atom. The number of hydrogen-bond donors (Lipinski definition) is 2. The zero-order valence-corrected chi connectivity index (χ0v) is 19.5. The molecule has 0 atom stereocenters. The highest BCUT2D eigenvalue weighted by atomic mass is 32.2. The lowest BCUT2D eigenvalue weighted by atomic mass is 10.1. The molecule has 0 fully saturated rings. The standard InChI is InChI=1S/C25H28N2O5S/c1-3-31-18-21-8-6-5-7-20(21)17-26-25(28)19-9-15-24(16-10-19)33(29,30)27-22-11-13-23(14-12-22)32-4-2/h5-16,27H,3-4,17-18H2,1-2H3,(H,26,28). The van der Waals surface area contributed by atoms with Gasteiger partial charge in [-0.05, 0) is 73.5 Å². The van der Waals surface area contributed by atoms with Gasteiger partial charge >= 0.3 is 0 Å². The topological polar surface area (TPSA) is 93.7 Å². The van der Waals surface area contributed by atoms with Crippen LogP contribution in [0.4, 0.5) is 5.69 Å². The number of carbonyl (C=O) groups excluding carboxylic acids is 1. The average molecular weight is 469 g/mol. The second-order valence-electron chi connectivity index (χ2n) is 7.18. The van der Waals surface area contributed by atoms with E-state index in [1.54, 1.807) is 24.3 Å². The van der Waals surface area contributed by atoms with Crippen LogP contribution in [0.15, 0.2) is 77.7 Å². The number of anilines is 1. The van der Waals surface area contributed by atoms with E-state index < -0.39 is 10.0 Å². The van der Waals surface area contributed by atoms with Gasteiger partial charge in [0.15, 0.2) is 0 Å². The Morgan fingerprint density at radius 3 is 2.15 bits per heavy atom. The van der Waals surface area contributed by atoms with Gasteiger partial charge in [0.2, 0.25) is 0 Å². The van der Waals surface area contributed by atoms with E-state index in [1.807, 2.05) is 38.1 Å². The predicted octanol–water partition coefficient (Wildman–Crippen LogP) is 4.35. The first kappa shape index (κ1) is 24.3. The van der Waals surface area contributed by atoms with Gasteiger partial charge < -0.3 is 14.8 Å². The van der Waals surface area contributed by atoms with Gasteiger partial charge in [-0.25, -0.2) is 8.42 Å². The number of nitrogens with one attached hydrogen (secondary N) is 2. The number of rotatable bonds is 11. The maximum Gasteiger partial charge on any atom is 0.261 e. The van der Waals surface area contributed by atoms with Gasteiger partial charge in [0.25, 0.3) is 15.9 Å². The summed E-state index contributed by atoms with van der Waals surface area (Å²) in [6, 6.07) is 20.2. The summed E-state index contributed by atoms with van der Waals surface area (Å²) in [6.45, 7) is 5.79. The largest absolute Gasteiger partial charge is 0.494 e. The molecule has 0 aliphatic heterocycles. The maximum absolute atomic E-state index is 12.7. The van der Waals surface area contributed by atoms with Crippen LogP contribution in [0.1, 0.15) is 35.3 Å². The Bertz CT molecular complexity index is 1160. The normalized spacial score (nSPS) is 11.1. The first-order valence-corrected chi connectivity index (χ1v) is 12.2. The van der Waals surface area contributed by atoms with E-state index in [9.17, 15) is 13.2 Å². The second-order valence-corrected chi connectivity index (χ2v) is 8.86. The molecule has 0 radical (unpaired) electrons. The van der Waals surface area contributed by atoms with Crippen LogP contribution < -0.4 is 14.8 Å². The fraction of sp³-hybridized carbons (Fsp3) is 0.240. The van der Waals surface area contributed by atoms with Crippen LogP contribution in [0, 0.1) is 0 Å². The third-order valence-electron chi connectivity index (χ3n) is 4.86. The molecule has 0 spiro atoms. The van der Waals surface area contributed by atoms with Gasteiger partial charge in [0.1, 0.15) is 5.75 Å². The zero-order chi connectivity index (χ0) is 23.7. The first-order chi connectivity index (χ1) is 15.9. The van der Waals surface area contributed by atoms with Crippen LogP contribution in [-0.4, -0.2) is 27.5 Å². The number of ether oxygens (including phenoxy) is 2. The lowest BCUT2D eigenvalue weighted by Gasteiger charge is -2.12. The summed E-state index contributed by atoms with van der Waals surface area (Å²) >= 11 is 0. The number of amides is 1. The third kappa shape index (κ3) is 6.81. The van der Waals surface area contributed by atoms with Crippen LogP contribution in [0.5, 0.6) is 5.75 Å². The minimum atomic E-state index is -3.79. The van der Waals surface area contributed by atoms with Crippen LogP contribution in [0.25, 0.3) is 0 Å². The van der Waals surface area contributed by atoms with Crippen molar-refractivity contribution in [1.82, 2.24) is 5.32 Å². The van der Waals surface area contributed by atoms with Crippen molar-refractivity contribution in [3.05, 3.63) is 89.5 Å². The molecule has 3 aromatic carbocycles.